The van der Waals surface area contributed by atoms with E-state index in [1.54, 1.807) is 13.0 Å². The second-order valence-electron chi connectivity index (χ2n) is 6.29. The second kappa shape index (κ2) is 5.97. The van der Waals surface area contributed by atoms with Crippen LogP contribution in [0.3, 0.4) is 0 Å². The Morgan fingerprint density at radius 1 is 1.43 bits per heavy atom. The lowest BCUT2D eigenvalue weighted by molar-refractivity contribution is -0.147. The average molecular weight is 317 g/mol. The molecule has 1 fully saturated rings. The lowest BCUT2D eigenvalue weighted by Gasteiger charge is -2.49. The fraction of sp³-hybridized carbons (Fsp3) is 0.733. The van der Waals surface area contributed by atoms with Crippen molar-refractivity contribution in [1.29, 1.82) is 0 Å². The van der Waals surface area contributed by atoms with E-state index >= 15 is 0 Å². The summed E-state index contributed by atoms with van der Waals surface area (Å²) in [6, 6.07) is 0. The topological polar surface area (TPSA) is 94.8 Å². The van der Waals surface area contributed by atoms with Gasteiger partial charge in [0.25, 0.3) is 0 Å². The van der Waals surface area contributed by atoms with Crippen molar-refractivity contribution < 1.29 is 24.9 Å². The molecule has 0 saturated heterocycles. The zero-order valence-electron chi connectivity index (χ0n) is 12.0. The smallest absolute Gasteiger partial charge is 0.331 e. The molecule has 0 aromatic rings. The van der Waals surface area contributed by atoms with Crippen LogP contribution in [0, 0.1) is 23.7 Å². The van der Waals surface area contributed by atoms with Crippen molar-refractivity contribution in [3.8, 4) is 0 Å². The molecule has 0 bridgehead atoms. The van der Waals surface area contributed by atoms with Crippen LogP contribution in [0.2, 0.25) is 0 Å². The highest BCUT2D eigenvalue weighted by Gasteiger charge is 2.50. The number of hydrogen-bond acceptors (Lipinski definition) is 3. The summed E-state index contributed by atoms with van der Waals surface area (Å²) in [6.07, 6.45) is 3.60. The van der Waals surface area contributed by atoms with Gasteiger partial charge in [0.15, 0.2) is 0 Å². The van der Waals surface area contributed by atoms with Crippen molar-refractivity contribution in [2.75, 3.05) is 5.88 Å². The predicted octanol–water partition coefficient (Wildman–Crippen LogP) is 2.12. The van der Waals surface area contributed by atoms with Gasteiger partial charge < -0.3 is 15.3 Å². The molecule has 1 saturated carbocycles. The molecule has 5 unspecified atom stereocenters. The fourth-order valence-electron chi connectivity index (χ4n) is 3.89. The Morgan fingerprint density at radius 2 is 2.10 bits per heavy atom. The van der Waals surface area contributed by atoms with Gasteiger partial charge >= 0.3 is 11.9 Å². The minimum absolute atomic E-state index is 0.0958. The minimum atomic E-state index is -1.03. The third-order valence-electron chi connectivity index (χ3n) is 5.22. The quantitative estimate of drug-likeness (QED) is 0.691. The highest BCUT2D eigenvalue weighted by Crippen LogP contribution is 2.50. The standard InChI is InChI=1S/C15H21ClO5/c1-8(13(17)18)10-4-5-15(21,7-16)12-3-2-9(14(19)20)6-11(10)12/h6,8,10-12,21H,2-5,7H2,1H3,(H,17,18)(H,19,20). The van der Waals surface area contributed by atoms with Crippen LogP contribution in [0.25, 0.3) is 0 Å². The number of alkyl halides is 1. The molecular weight excluding hydrogens is 296 g/mol. The molecule has 3 N–H and O–H groups in total. The summed E-state index contributed by atoms with van der Waals surface area (Å²) in [5, 5.41) is 29.1. The van der Waals surface area contributed by atoms with Gasteiger partial charge in [-0.1, -0.05) is 13.0 Å². The number of aliphatic hydroxyl groups is 1. The fourth-order valence-corrected chi connectivity index (χ4v) is 4.22. The third kappa shape index (κ3) is 2.94. The molecule has 2 rings (SSSR count). The first-order chi connectivity index (χ1) is 9.80. The molecule has 0 heterocycles. The van der Waals surface area contributed by atoms with E-state index in [2.05, 4.69) is 0 Å². The number of carbonyl (C=O) groups is 2. The summed E-state index contributed by atoms with van der Waals surface area (Å²) >= 11 is 5.93. The summed E-state index contributed by atoms with van der Waals surface area (Å²) in [5.74, 6) is -2.89. The highest BCUT2D eigenvalue weighted by atomic mass is 35.5. The summed E-state index contributed by atoms with van der Waals surface area (Å²) in [5.41, 5.74) is -0.709. The molecule has 0 aliphatic heterocycles. The number of allylic oxidation sites excluding steroid dienone is 1. The van der Waals surface area contributed by atoms with E-state index < -0.39 is 23.5 Å². The van der Waals surface area contributed by atoms with Gasteiger partial charge in [-0.3, -0.25) is 4.79 Å². The van der Waals surface area contributed by atoms with Crippen LogP contribution in [0.15, 0.2) is 11.6 Å². The lowest BCUT2D eigenvalue weighted by Crippen LogP contribution is -2.52. The Kier molecular flexibility index (Phi) is 4.63. The van der Waals surface area contributed by atoms with Crippen LogP contribution >= 0.6 is 11.6 Å². The van der Waals surface area contributed by atoms with Gasteiger partial charge in [0.05, 0.1) is 17.4 Å². The van der Waals surface area contributed by atoms with E-state index in [1.807, 2.05) is 0 Å². The van der Waals surface area contributed by atoms with Gasteiger partial charge in [0.1, 0.15) is 0 Å². The Bertz CT molecular complexity index is 475. The van der Waals surface area contributed by atoms with Crippen molar-refractivity contribution in [2.24, 2.45) is 23.7 Å². The van der Waals surface area contributed by atoms with Gasteiger partial charge in [-0.2, -0.15) is 0 Å². The molecule has 6 heteroatoms. The van der Waals surface area contributed by atoms with E-state index in [0.29, 0.717) is 31.3 Å². The van der Waals surface area contributed by atoms with Crippen LogP contribution in [0.5, 0.6) is 0 Å². The maximum atomic E-state index is 11.3. The molecule has 118 valence electrons. The molecule has 0 amide bonds. The predicted molar refractivity (Wildman–Crippen MR) is 77.1 cm³/mol. The number of rotatable bonds is 4. The minimum Gasteiger partial charge on any atom is -0.481 e. The van der Waals surface area contributed by atoms with E-state index in [-0.39, 0.29) is 23.6 Å². The van der Waals surface area contributed by atoms with Crippen molar-refractivity contribution in [1.82, 2.24) is 0 Å². The van der Waals surface area contributed by atoms with Crippen molar-refractivity contribution in [3.63, 3.8) is 0 Å². The number of halogens is 1. The van der Waals surface area contributed by atoms with Crippen LogP contribution in [-0.4, -0.2) is 38.7 Å². The van der Waals surface area contributed by atoms with Gasteiger partial charge in [0, 0.05) is 5.57 Å². The number of carboxylic acids is 2. The number of aliphatic carboxylic acids is 2. The van der Waals surface area contributed by atoms with E-state index in [9.17, 15) is 24.9 Å². The summed E-state index contributed by atoms with van der Waals surface area (Å²) in [7, 11) is 0. The third-order valence-corrected chi connectivity index (χ3v) is 5.68. The first kappa shape index (κ1) is 16.3. The zero-order valence-corrected chi connectivity index (χ0v) is 12.7. The molecule has 21 heavy (non-hydrogen) atoms. The van der Waals surface area contributed by atoms with Crippen molar-refractivity contribution >= 4 is 23.5 Å². The van der Waals surface area contributed by atoms with Crippen molar-refractivity contribution in [2.45, 2.75) is 38.2 Å². The normalized spacial score (nSPS) is 37.3. The molecule has 0 aromatic carbocycles. The molecule has 0 spiro atoms. The van der Waals surface area contributed by atoms with E-state index in [0.717, 1.165) is 0 Å². The first-order valence-corrected chi connectivity index (χ1v) is 7.78. The summed E-state index contributed by atoms with van der Waals surface area (Å²) < 4.78 is 0. The molecular formula is C15H21ClO5. The SMILES string of the molecule is CC(C(=O)O)C1CCC(O)(CCl)C2CCC(C(=O)O)=CC12. The lowest BCUT2D eigenvalue weighted by atomic mass is 9.58. The molecule has 5 nitrogen and oxygen atoms in total. The second-order valence-corrected chi connectivity index (χ2v) is 6.55. The van der Waals surface area contributed by atoms with Crippen LogP contribution < -0.4 is 0 Å². The molecule has 2 aliphatic rings. The van der Waals surface area contributed by atoms with E-state index in [4.69, 9.17) is 11.6 Å². The molecule has 0 aromatic heterocycles. The van der Waals surface area contributed by atoms with Gasteiger partial charge in [-0.05, 0) is 43.4 Å². The van der Waals surface area contributed by atoms with Gasteiger partial charge in [0.2, 0.25) is 0 Å². The Labute approximate surface area is 128 Å². The number of carboxylic acid groups (broad SMARTS) is 2. The Hall–Kier alpha value is -1.07. The molecule has 5 atom stereocenters. The van der Waals surface area contributed by atoms with Gasteiger partial charge in [-0.25, -0.2) is 4.79 Å². The maximum absolute atomic E-state index is 11.3. The average Bonchev–Trinajstić information content (AvgIpc) is 2.46. The Balaban J connectivity index is 2.37. The van der Waals surface area contributed by atoms with Crippen molar-refractivity contribution in [3.05, 3.63) is 11.6 Å². The zero-order chi connectivity index (χ0) is 15.8. The van der Waals surface area contributed by atoms with Gasteiger partial charge in [-0.15, -0.1) is 11.6 Å². The molecule has 0 radical (unpaired) electrons. The summed E-state index contributed by atoms with van der Waals surface area (Å²) in [4.78, 5) is 22.5. The monoisotopic (exact) mass is 316 g/mol. The molecule has 2 aliphatic carbocycles. The highest BCUT2D eigenvalue weighted by molar-refractivity contribution is 6.18. The van der Waals surface area contributed by atoms with E-state index in [1.165, 1.54) is 0 Å². The van der Waals surface area contributed by atoms with Crippen LogP contribution in [0.4, 0.5) is 0 Å². The maximum Gasteiger partial charge on any atom is 0.331 e. The number of hydrogen-bond donors (Lipinski definition) is 3. The first-order valence-electron chi connectivity index (χ1n) is 7.25. The van der Waals surface area contributed by atoms with Crippen LogP contribution in [-0.2, 0) is 9.59 Å². The summed E-state index contributed by atoms with van der Waals surface area (Å²) in [6.45, 7) is 1.65. The van der Waals surface area contributed by atoms with Crippen LogP contribution in [0.1, 0.15) is 32.6 Å². The number of fused-ring (bicyclic) bond motifs is 1. The Morgan fingerprint density at radius 3 is 2.62 bits per heavy atom. The largest absolute Gasteiger partial charge is 0.481 e.